The first kappa shape index (κ1) is 14.9. The first-order valence-corrected chi connectivity index (χ1v) is 8.09. The van der Waals surface area contributed by atoms with Gasteiger partial charge in [-0.05, 0) is 41.7 Å². The van der Waals surface area contributed by atoms with Crippen molar-refractivity contribution >= 4 is 11.7 Å². The van der Waals surface area contributed by atoms with E-state index in [9.17, 15) is 9.18 Å². The second kappa shape index (κ2) is 5.78. The molecule has 0 fully saturated rings. The van der Waals surface area contributed by atoms with Crippen molar-refractivity contribution in [2.75, 3.05) is 12.4 Å². The summed E-state index contributed by atoms with van der Waals surface area (Å²) in [5.41, 5.74) is 3.18. The van der Waals surface area contributed by atoms with Gasteiger partial charge in [-0.1, -0.05) is 36.4 Å². The molecule has 0 bridgehead atoms. The summed E-state index contributed by atoms with van der Waals surface area (Å²) >= 11 is 0. The predicted octanol–water partition coefficient (Wildman–Crippen LogP) is 4.44. The van der Waals surface area contributed by atoms with Gasteiger partial charge in [-0.15, -0.1) is 0 Å². The van der Waals surface area contributed by atoms with Crippen LogP contribution in [0.25, 0.3) is 0 Å². The van der Waals surface area contributed by atoms with E-state index in [-0.39, 0.29) is 23.7 Å². The molecule has 3 nitrogen and oxygen atoms in total. The minimum absolute atomic E-state index is 0.0149. The molecule has 1 aliphatic carbocycles. The van der Waals surface area contributed by atoms with Gasteiger partial charge in [-0.3, -0.25) is 0 Å². The van der Waals surface area contributed by atoms with Gasteiger partial charge in [0, 0.05) is 5.92 Å². The van der Waals surface area contributed by atoms with E-state index in [1.54, 1.807) is 18.2 Å². The molecule has 2 aromatic rings. The number of methoxy groups -OCH3 is 1. The molecule has 1 aliphatic heterocycles. The van der Waals surface area contributed by atoms with Crippen molar-refractivity contribution in [3.05, 3.63) is 77.1 Å². The summed E-state index contributed by atoms with van der Waals surface area (Å²) < 4.78 is 19.0. The van der Waals surface area contributed by atoms with Crippen molar-refractivity contribution in [2.24, 2.45) is 5.92 Å². The summed E-state index contributed by atoms with van der Waals surface area (Å²) in [5.74, 6) is 0.00268. The molecule has 0 spiro atoms. The highest BCUT2D eigenvalue weighted by Gasteiger charge is 2.38. The van der Waals surface area contributed by atoms with Crippen LogP contribution in [0.2, 0.25) is 0 Å². The summed E-state index contributed by atoms with van der Waals surface area (Å²) in [4.78, 5) is 11.6. The van der Waals surface area contributed by atoms with E-state index in [1.165, 1.54) is 13.2 Å². The summed E-state index contributed by atoms with van der Waals surface area (Å²) in [6.45, 7) is 0. The standard InChI is InChI=1S/C20H18FNO2/c1-24-20(23)13-10-8-12(9-11-13)18-15-5-2-4-14(15)16-6-3-7-17(21)19(16)22-18/h2-4,6-11,14-15,18,22H,5H2,1H3/t14-,15+,18+/m0/s1. The maximum absolute atomic E-state index is 14.3. The Bertz CT molecular complexity index is 813. The zero-order valence-corrected chi connectivity index (χ0v) is 13.3. The van der Waals surface area contributed by atoms with Gasteiger partial charge in [0.2, 0.25) is 0 Å². The van der Waals surface area contributed by atoms with Gasteiger partial charge in [-0.2, -0.15) is 0 Å². The summed E-state index contributed by atoms with van der Waals surface area (Å²) in [5, 5.41) is 3.38. The summed E-state index contributed by atoms with van der Waals surface area (Å²) in [6, 6.07) is 12.6. The molecular formula is C20H18FNO2. The smallest absolute Gasteiger partial charge is 0.337 e. The molecule has 122 valence electrons. The van der Waals surface area contributed by atoms with Crippen molar-refractivity contribution < 1.29 is 13.9 Å². The van der Waals surface area contributed by atoms with Gasteiger partial charge in [0.25, 0.3) is 0 Å². The summed E-state index contributed by atoms with van der Waals surface area (Å²) in [7, 11) is 1.37. The molecule has 24 heavy (non-hydrogen) atoms. The van der Waals surface area contributed by atoms with Gasteiger partial charge in [0.05, 0.1) is 24.4 Å². The van der Waals surface area contributed by atoms with Crippen molar-refractivity contribution in [1.82, 2.24) is 0 Å². The number of halogens is 1. The molecule has 4 rings (SSSR count). The molecule has 0 saturated carbocycles. The zero-order valence-electron chi connectivity index (χ0n) is 13.3. The lowest BCUT2D eigenvalue weighted by Gasteiger charge is -2.37. The Morgan fingerprint density at radius 3 is 2.75 bits per heavy atom. The number of anilines is 1. The lowest BCUT2D eigenvalue weighted by molar-refractivity contribution is 0.0600. The Kier molecular flexibility index (Phi) is 3.60. The van der Waals surface area contributed by atoms with Crippen molar-refractivity contribution in [1.29, 1.82) is 0 Å². The number of hydrogen-bond acceptors (Lipinski definition) is 3. The van der Waals surface area contributed by atoms with Crippen LogP contribution in [0.15, 0.2) is 54.6 Å². The van der Waals surface area contributed by atoms with Crippen LogP contribution in [0.4, 0.5) is 10.1 Å². The first-order chi connectivity index (χ1) is 11.7. The van der Waals surface area contributed by atoms with Gasteiger partial charge < -0.3 is 10.1 Å². The first-order valence-electron chi connectivity index (χ1n) is 8.09. The molecule has 0 saturated heterocycles. The third-order valence-corrected chi connectivity index (χ3v) is 5.04. The fraction of sp³-hybridized carbons (Fsp3) is 0.250. The maximum Gasteiger partial charge on any atom is 0.337 e. The number of esters is 1. The van der Waals surface area contributed by atoms with Crippen molar-refractivity contribution in [3.8, 4) is 0 Å². The molecule has 0 aromatic heterocycles. The molecular weight excluding hydrogens is 305 g/mol. The average Bonchev–Trinajstić information content (AvgIpc) is 3.11. The van der Waals surface area contributed by atoms with Crippen LogP contribution in [0.3, 0.4) is 0 Å². The number of ether oxygens (including phenoxy) is 1. The highest BCUT2D eigenvalue weighted by molar-refractivity contribution is 5.89. The summed E-state index contributed by atoms with van der Waals surface area (Å²) in [6.07, 6.45) is 5.31. The maximum atomic E-state index is 14.3. The Hall–Kier alpha value is -2.62. The molecule has 0 radical (unpaired) electrons. The van der Waals surface area contributed by atoms with E-state index >= 15 is 0 Å². The number of rotatable bonds is 2. The molecule has 1 N–H and O–H groups in total. The number of nitrogens with one attached hydrogen (secondary N) is 1. The SMILES string of the molecule is COC(=O)c1ccc([C@H]2Nc3c(F)cccc3[C@H]3C=CC[C@H]32)cc1. The zero-order chi connectivity index (χ0) is 16.7. The molecule has 3 atom stereocenters. The van der Waals surface area contributed by atoms with E-state index in [2.05, 4.69) is 17.5 Å². The van der Waals surface area contributed by atoms with Crippen LogP contribution >= 0.6 is 0 Å². The Balaban J connectivity index is 1.71. The van der Waals surface area contributed by atoms with Crippen LogP contribution in [0.5, 0.6) is 0 Å². The predicted molar refractivity (Wildman–Crippen MR) is 90.5 cm³/mol. The van der Waals surface area contributed by atoms with Gasteiger partial charge in [-0.25, -0.2) is 9.18 Å². The van der Waals surface area contributed by atoms with E-state index in [4.69, 9.17) is 4.74 Å². The molecule has 2 aliphatic rings. The van der Waals surface area contributed by atoms with E-state index < -0.39 is 0 Å². The third kappa shape index (κ3) is 2.30. The minimum Gasteiger partial charge on any atom is -0.465 e. The topological polar surface area (TPSA) is 38.3 Å². The van der Waals surface area contributed by atoms with Crippen molar-refractivity contribution in [3.63, 3.8) is 0 Å². The highest BCUT2D eigenvalue weighted by Crippen LogP contribution is 2.50. The van der Waals surface area contributed by atoms with Crippen LogP contribution in [0.1, 0.15) is 39.9 Å². The fourth-order valence-electron chi connectivity index (χ4n) is 3.86. The van der Waals surface area contributed by atoms with E-state index in [1.807, 2.05) is 18.2 Å². The van der Waals surface area contributed by atoms with Crippen LogP contribution in [-0.2, 0) is 4.74 Å². The molecule has 1 heterocycles. The molecule has 4 heteroatoms. The second-order valence-corrected chi connectivity index (χ2v) is 6.29. The number of para-hydroxylation sites is 1. The lowest BCUT2D eigenvalue weighted by atomic mass is 9.77. The fourth-order valence-corrected chi connectivity index (χ4v) is 3.86. The monoisotopic (exact) mass is 323 g/mol. The van der Waals surface area contributed by atoms with Gasteiger partial charge in [0.15, 0.2) is 0 Å². The highest BCUT2D eigenvalue weighted by atomic mass is 19.1. The second-order valence-electron chi connectivity index (χ2n) is 6.29. The number of fused-ring (bicyclic) bond motifs is 3. The Labute approximate surface area is 140 Å². The number of benzene rings is 2. The van der Waals surface area contributed by atoms with Crippen LogP contribution in [-0.4, -0.2) is 13.1 Å². The van der Waals surface area contributed by atoms with Gasteiger partial charge >= 0.3 is 5.97 Å². The lowest BCUT2D eigenvalue weighted by Crippen LogP contribution is -2.29. The number of carbonyl (C=O) groups excluding carboxylic acids is 1. The third-order valence-electron chi connectivity index (χ3n) is 5.04. The van der Waals surface area contributed by atoms with Crippen molar-refractivity contribution in [2.45, 2.75) is 18.4 Å². The van der Waals surface area contributed by atoms with Crippen LogP contribution < -0.4 is 5.32 Å². The molecule has 2 aromatic carbocycles. The largest absolute Gasteiger partial charge is 0.465 e. The molecule has 0 amide bonds. The Morgan fingerprint density at radius 2 is 2.00 bits per heavy atom. The Morgan fingerprint density at radius 1 is 1.21 bits per heavy atom. The molecule has 0 unspecified atom stereocenters. The van der Waals surface area contributed by atoms with Crippen LogP contribution in [0, 0.1) is 11.7 Å². The minimum atomic E-state index is -0.352. The normalized spacial score (nSPS) is 24.0. The number of hydrogen-bond donors (Lipinski definition) is 1. The van der Waals surface area contributed by atoms with E-state index in [0.717, 1.165) is 17.5 Å². The average molecular weight is 323 g/mol. The van der Waals surface area contributed by atoms with Gasteiger partial charge in [0.1, 0.15) is 5.82 Å². The quantitative estimate of drug-likeness (QED) is 0.656. The number of carbonyl (C=O) groups is 1. The van der Waals surface area contributed by atoms with E-state index in [0.29, 0.717) is 17.2 Å². The number of allylic oxidation sites excluding steroid dienone is 2.